The summed E-state index contributed by atoms with van der Waals surface area (Å²) >= 11 is 0. The molecule has 1 aromatic carbocycles. The average molecular weight is 259 g/mol. The zero-order valence-corrected chi connectivity index (χ0v) is 12.2. The lowest BCUT2D eigenvalue weighted by atomic mass is 9.98. The molecule has 3 rings (SSSR count). The highest BCUT2D eigenvalue weighted by Gasteiger charge is 2.27. The van der Waals surface area contributed by atoms with E-state index in [9.17, 15) is 0 Å². The summed E-state index contributed by atoms with van der Waals surface area (Å²) in [6.45, 7) is 4.54. The van der Waals surface area contributed by atoms with Gasteiger partial charge < -0.3 is 15.1 Å². The normalized spacial score (nSPS) is 22.9. The second-order valence-corrected chi connectivity index (χ2v) is 6.09. The maximum atomic E-state index is 3.52. The Morgan fingerprint density at radius 3 is 3.11 bits per heavy atom. The molecular formula is C16H25N3. The number of rotatable bonds is 3. The van der Waals surface area contributed by atoms with Gasteiger partial charge in [-0.2, -0.15) is 0 Å². The van der Waals surface area contributed by atoms with Crippen molar-refractivity contribution in [2.75, 3.05) is 38.6 Å². The van der Waals surface area contributed by atoms with Crippen LogP contribution in [0.4, 0.5) is 5.69 Å². The molecule has 3 nitrogen and oxygen atoms in total. The van der Waals surface area contributed by atoms with E-state index < -0.39 is 0 Å². The number of benzene rings is 1. The van der Waals surface area contributed by atoms with Crippen LogP contribution >= 0.6 is 0 Å². The van der Waals surface area contributed by atoms with Crippen molar-refractivity contribution in [3.63, 3.8) is 0 Å². The van der Waals surface area contributed by atoms with Gasteiger partial charge in [0.15, 0.2) is 0 Å². The summed E-state index contributed by atoms with van der Waals surface area (Å²) in [6.07, 6.45) is 3.83. The zero-order chi connectivity index (χ0) is 13.2. The predicted octanol–water partition coefficient (Wildman–Crippen LogP) is 1.86. The molecule has 0 radical (unpaired) electrons. The van der Waals surface area contributed by atoms with Crippen LogP contribution in [0.1, 0.15) is 24.0 Å². The third kappa shape index (κ3) is 2.63. The van der Waals surface area contributed by atoms with Gasteiger partial charge in [-0.3, -0.25) is 0 Å². The molecule has 1 saturated heterocycles. The van der Waals surface area contributed by atoms with Crippen molar-refractivity contribution in [2.24, 2.45) is 0 Å². The number of hydrogen-bond acceptors (Lipinski definition) is 3. The Labute approximate surface area is 116 Å². The molecule has 2 aliphatic heterocycles. The van der Waals surface area contributed by atoms with E-state index in [1.54, 1.807) is 11.1 Å². The van der Waals surface area contributed by atoms with Gasteiger partial charge >= 0.3 is 0 Å². The lowest BCUT2D eigenvalue weighted by Gasteiger charge is -2.32. The summed E-state index contributed by atoms with van der Waals surface area (Å²) in [5.41, 5.74) is 4.57. The average Bonchev–Trinajstić information content (AvgIpc) is 2.85. The standard InChI is InChI=1S/C16H25N3/c1-18(2)12-14-6-4-10-19(14)16-7-3-5-13-8-9-17-11-15(13)16/h3,5,7,14,17H,4,6,8-12H2,1-2H3. The second-order valence-electron chi connectivity index (χ2n) is 6.09. The maximum absolute atomic E-state index is 3.52. The SMILES string of the molecule is CN(C)CC1CCCN1c1cccc2c1CNCC2. The van der Waals surface area contributed by atoms with Gasteiger partial charge in [0.2, 0.25) is 0 Å². The molecule has 2 heterocycles. The fourth-order valence-electron chi connectivity index (χ4n) is 3.53. The summed E-state index contributed by atoms with van der Waals surface area (Å²) in [6, 6.07) is 7.55. The first-order chi connectivity index (χ1) is 9.25. The van der Waals surface area contributed by atoms with Crippen molar-refractivity contribution in [1.82, 2.24) is 10.2 Å². The van der Waals surface area contributed by atoms with E-state index in [4.69, 9.17) is 0 Å². The van der Waals surface area contributed by atoms with E-state index in [1.807, 2.05) is 0 Å². The van der Waals surface area contributed by atoms with Crippen LogP contribution in [0, 0.1) is 0 Å². The van der Waals surface area contributed by atoms with Gasteiger partial charge in [-0.25, -0.2) is 0 Å². The van der Waals surface area contributed by atoms with E-state index in [2.05, 4.69) is 47.4 Å². The molecule has 104 valence electrons. The van der Waals surface area contributed by atoms with Gasteiger partial charge in [0.1, 0.15) is 0 Å². The highest BCUT2D eigenvalue weighted by molar-refractivity contribution is 5.59. The van der Waals surface area contributed by atoms with Crippen LogP contribution in [0.25, 0.3) is 0 Å². The van der Waals surface area contributed by atoms with Crippen LogP contribution in [0.2, 0.25) is 0 Å². The van der Waals surface area contributed by atoms with Crippen molar-refractivity contribution in [3.8, 4) is 0 Å². The van der Waals surface area contributed by atoms with Crippen LogP contribution in [0.5, 0.6) is 0 Å². The summed E-state index contributed by atoms with van der Waals surface area (Å²) in [4.78, 5) is 4.96. The van der Waals surface area contributed by atoms with Crippen LogP contribution in [0.3, 0.4) is 0 Å². The first-order valence-corrected chi connectivity index (χ1v) is 7.48. The number of hydrogen-bond donors (Lipinski definition) is 1. The zero-order valence-electron chi connectivity index (χ0n) is 12.2. The van der Waals surface area contributed by atoms with Crippen molar-refractivity contribution in [3.05, 3.63) is 29.3 Å². The van der Waals surface area contributed by atoms with Crippen molar-refractivity contribution in [2.45, 2.75) is 31.8 Å². The molecule has 1 atom stereocenters. The molecule has 1 N–H and O–H groups in total. The Hall–Kier alpha value is -1.06. The lowest BCUT2D eigenvalue weighted by molar-refractivity contribution is 0.372. The summed E-state index contributed by atoms with van der Waals surface area (Å²) in [5.74, 6) is 0. The molecule has 0 aliphatic carbocycles. The van der Waals surface area contributed by atoms with Gasteiger partial charge in [0.25, 0.3) is 0 Å². The Morgan fingerprint density at radius 2 is 2.26 bits per heavy atom. The van der Waals surface area contributed by atoms with Gasteiger partial charge in [-0.15, -0.1) is 0 Å². The minimum absolute atomic E-state index is 0.684. The molecule has 1 unspecified atom stereocenters. The molecule has 0 amide bonds. The van der Waals surface area contributed by atoms with E-state index in [0.717, 1.165) is 19.6 Å². The number of nitrogens with zero attached hydrogens (tertiary/aromatic N) is 2. The molecular weight excluding hydrogens is 234 g/mol. The highest BCUT2D eigenvalue weighted by atomic mass is 15.2. The van der Waals surface area contributed by atoms with Crippen LogP contribution in [-0.2, 0) is 13.0 Å². The lowest BCUT2D eigenvalue weighted by Crippen LogP contribution is -2.39. The quantitative estimate of drug-likeness (QED) is 0.894. The third-order valence-electron chi connectivity index (χ3n) is 4.38. The summed E-state index contributed by atoms with van der Waals surface area (Å²) in [5, 5.41) is 3.52. The molecule has 2 aliphatic rings. The minimum Gasteiger partial charge on any atom is -0.367 e. The second kappa shape index (κ2) is 5.51. The van der Waals surface area contributed by atoms with Crippen LogP contribution in [0.15, 0.2) is 18.2 Å². The van der Waals surface area contributed by atoms with E-state index >= 15 is 0 Å². The summed E-state index contributed by atoms with van der Waals surface area (Å²) < 4.78 is 0. The minimum atomic E-state index is 0.684. The molecule has 1 aromatic rings. The molecule has 0 aromatic heterocycles. The maximum Gasteiger partial charge on any atom is 0.0417 e. The Balaban J connectivity index is 1.88. The van der Waals surface area contributed by atoms with Gasteiger partial charge in [0.05, 0.1) is 0 Å². The van der Waals surface area contributed by atoms with E-state index in [-0.39, 0.29) is 0 Å². The van der Waals surface area contributed by atoms with Gasteiger partial charge in [-0.05, 0) is 57.1 Å². The largest absolute Gasteiger partial charge is 0.367 e. The monoisotopic (exact) mass is 259 g/mol. The van der Waals surface area contributed by atoms with Crippen molar-refractivity contribution >= 4 is 5.69 Å². The fraction of sp³-hybridized carbons (Fsp3) is 0.625. The van der Waals surface area contributed by atoms with Gasteiger partial charge in [-0.1, -0.05) is 12.1 Å². The van der Waals surface area contributed by atoms with E-state index in [0.29, 0.717) is 6.04 Å². The first kappa shape index (κ1) is 12.9. The predicted molar refractivity (Wildman–Crippen MR) is 80.8 cm³/mol. The Morgan fingerprint density at radius 1 is 1.37 bits per heavy atom. The number of nitrogens with one attached hydrogen (secondary N) is 1. The van der Waals surface area contributed by atoms with Crippen LogP contribution in [-0.4, -0.2) is 44.7 Å². The number of anilines is 1. The topological polar surface area (TPSA) is 18.5 Å². The Kier molecular flexibility index (Phi) is 3.76. The third-order valence-corrected chi connectivity index (χ3v) is 4.38. The molecule has 1 fully saturated rings. The number of likely N-dealkylation sites (N-methyl/N-ethyl adjacent to an activating group) is 1. The molecule has 0 bridgehead atoms. The highest BCUT2D eigenvalue weighted by Crippen LogP contribution is 2.32. The van der Waals surface area contributed by atoms with Crippen molar-refractivity contribution < 1.29 is 0 Å². The molecule has 0 spiro atoms. The fourth-order valence-corrected chi connectivity index (χ4v) is 3.53. The van der Waals surface area contributed by atoms with Crippen LogP contribution < -0.4 is 10.2 Å². The molecule has 3 heteroatoms. The molecule has 0 saturated carbocycles. The van der Waals surface area contributed by atoms with Crippen molar-refractivity contribution in [1.29, 1.82) is 0 Å². The molecule has 19 heavy (non-hydrogen) atoms. The summed E-state index contributed by atoms with van der Waals surface area (Å²) in [7, 11) is 4.36. The Bertz CT molecular complexity index is 442. The van der Waals surface area contributed by atoms with E-state index in [1.165, 1.54) is 31.5 Å². The number of fused-ring (bicyclic) bond motifs is 1. The van der Waals surface area contributed by atoms with Gasteiger partial charge in [0, 0.05) is 31.4 Å². The smallest absolute Gasteiger partial charge is 0.0417 e. The first-order valence-electron chi connectivity index (χ1n) is 7.48.